The number of aliphatic hydroxyl groups is 1. The normalized spacial score (nSPS) is 11.8. The number of nitrogens with one attached hydrogen (secondary N) is 2. The van der Waals surface area contributed by atoms with E-state index in [1.54, 1.807) is 116 Å². The molecule has 0 aliphatic heterocycles. The predicted molar refractivity (Wildman–Crippen MR) is 237 cm³/mol. The van der Waals surface area contributed by atoms with Crippen molar-refractivity contribution in [3.8, 4) is 0 Å². The Balaban J connectivity index is 0.000000228. The van der Waals surface area contributed by atoms with Crippen LogP contribution in [-0.4, -0.2) is 52.9 Å². The average molecular weight is 847 g/mol. The van der Waals surface area contributed by atoms with Crippen molar-refractivity contribution in [2.45, 2.75) is 49.8 Å². The summed E-state index contributed by atoms with van der Waals surface area (Å²) in [5, 5.41) is 14.9. The molecule has 0 aromatic heterocycles. The first-order chi connectivity index (χ1) is 28.8. The fourth-order valence-corrected chi connectivity index (χ4v) is 8.85. The molecular formula is C47H50N4O7S2. The van der Waals surface area contributed by atoms with Gasteiger partial charge >= 0.3 is 0 Å². The third-order valence-electron chi connectivity index (χ3n) is 9.02. The van der Waals surface area contributed by atoms with Crippen molar-refractivity contribution in [3.05, 3.63) is 192 Å². The summed E-state index contributed by atoms with van der Waals surface area (Å²) in [4.78, 5) is 25.3. The lowest BCUT2D eigenvalue weighted by Gasteiger charge is -2.25. The number of anilines is 2. The molecule has 0 bridgehead atoms. The summed E-state index contributed by atoms with van der Waals surface area (Å²) in [7, 11) is -7.68. The van der Waals surface area contributed by atoms with Crippen molar-refractivity contribution in [3.63, 3.8) is 0 Å². The number of hydrogen-bond donors (Lipinski definition) is 3. The molecule has 6 rings (SSSR count). The van der Waals surface area contributed by atoms with Crippen molar-refractivity contribution in [1.82, 2.24) is 10.6 Å². The van der Waals surface area contributed by atoms with Crippen LogP contribution in [-0.2, 0) is 33.1 Å². The number of carbonyl (C=O) groups is 2. The van der Waals surface area contributed by atoms with Gasteiger partial charge in [0, 0.05) is 24.2 Å². The molecule has 0 aliphatic rings. The standard InChI is InChI=1S/C24H26N2O3S.C23H24N2O4S/c1-19(2)17-25-24(27)21-12-9-13-22(16-21)26(18-20-10-5-3-6-11-20)30(28,29)23-14-7-4-8-15-23;1-18(26)16-24-23(27)20-11-8-12-21(15-20)25(17-19-9-4-2-5-10-19)30(28,29)22-13-6-3-7-14-22/h3-16,19H,17-18H2,1-2H3,(H,25,27);2-15,18,26H,16-17H2,1H3,(H,24,27). The molecule has 6 aromatic carbocycles. The molecule has 0 aliphatic carbocycles. The minimum atomic E-state index is -3.86. The zero-order valence-corrected chi connectivity index (χ0v) is 35.4. The number of hydrogen-bond acceptors (Lipinski definition) is 7. The van der Waals surface area contributed by atoms with Crippen LogP contribution >= 0.6 is 0 Å². The fourth-order valence-electron chi connectivity index (χ4n) is 5.91. The first kappa shape index (κ1) is 44.8. The van der Waals surface area contributed by atoms with Gasteiger partial charge in [-0.15, -0.1) is 0 Å². The second-order valence-corrected chi connectivity index (χ2v) is 18.1. The smallest absolute Gasteiger partial charge is 0.264 e. The molecule has 1 atom stereocenters. The minimum Gasteiger partial charge on any atom is -0.392 e. The van der Waals surface area contributed by atoms with Gasteiger partial charge in [-0.05, 0) is 84.6 Å². The monoisotopic (exact) mass is 846 g/mol. The summed E-state index contributed by atoms with van der Waals surface area (Å²) in [6.07, 6.45) is -0.676. The van der Waals surface area contributed by atoms with Crippen molar-refractivity contribution >= 4 is 43.2 Å². The van der Waals surface area contributed by atoms with E-state index in [1.165, 1.54) is 8.61 Å². The molecule has 0 spiro atoms. The van der Waals surface area contributed by atoms with Gasteiger partial charge in [0.2, 0.25) is 0 Å². The van der Waals surface area contributed by atoms with Gasteiger partial charge < -0.3 is 15.7 Å². The van der Waals surface area contributed by atoms with E-state index < -0.39 is 26.2 Å². The number of aliphatic hydroxyl groups excluding tert-OH is 1. The van der Waals surface area contributed by atoms with Crippen LogP contribution in [0.15, 0.2) is 180 Å². The van der Waals surface area contributed by atoms with Gasteiger partial charge in [0.1, 0.15) is 0 Å². The highest BCUT2D eigenvalue weighted by Gasteiger charge is 2.27. The number of amides is 2. The summed E-state index contributed by atoms with van der Waals surface area (Å²) in [5.74, 6) is -0.276. The van der Waals surface area contributed by atoms with Gasteiger partial charge in [0.15, 0.2) is 0 Å². The largest absolute Gasteiger partial charge is 0.392 e. The van der Waals surface area contributed by atoms with E-state index in [0.29, 0.717) is 35.0 Å². The Bertz CT molecular complexity index is 2340. The van der Waals surface area contributed by atoms with E-state index in [4.69, 9.17) is 0 Å². The summed E-state index contributed by atoms with van der Waals surface area (Å²) in [6.45, 7) is 6.56. The van der Waals surface area contributed by atoms with Gasteiger partial charge in [-0.1, -0.05) is 123 Å². The summed E-state index contributed by atoms with van der Waals surface area (Å²) >= 11 is 0. The van der Waals surface area contributed by atoms with Gasteiger partial charge in [-0.3, -0.25) is 18.2 Å². The summed E-state index contributed by atoms with van der Waals surface area (Å²) in [5.41, 5.74) is 3.24. The number of benzene rings is 6. The molecular weight excluding hydrogens is 797 g/mol. The fraction of sp³-hybridized carbons (Fsp3) is 0.191. The maximum atomic E-state index is 13.5. The highest BCUT2D eigenvalue weighted by atomic mass is 32.2. The lowest BCUT2D eigenvalue weighted by molar-refractivity contribution is 0.0922. The van der Waals surface area contributed by atoms with Crippen molar-refractivity contribution < 1.29 is 31.5 Å². The molecule has 13 heteroatoms. The highest BCUT2D eigenvalue weighted by molar-refractivity contribution is 7.93. The maximum absolute atomic E-state index is 13.5. The van der Waals surface area contributed by atoms with Crippen molar-refractivity contribution in [2.75, 3.05) is 21.7 Å². The number of nitrogens with zero attached hydrogens (tertiary/aromatic N) is 2. The zero-order chi connectivity index (χ0) is 43.1. The zero-order valence-electron chi connectivity index (χ0n) is 33.8. The van der Waals surface area contributed by atoms with E-state index in [2.05, 4.69) is 10.6 Å². The Hall–Kier alpha value is -6.28. The van der Waals surface area contributed by atoms with Gasteiger partial charge in [0.25, 0.3) is 31.9 Å². The van der Waals surface area contributed by atoms with Crippen LogP contribution in [0.5, 0.6) is 0 Å². The van der Waals surface area contributed by atoms with E-state index in [1.807, 2.05) is 74.5 Å². The Morgan fingerprint density at radius 3 is 1.20 bits per heavy atom. The highest BCUT2D eigenvalue weighted by Crippen LogP contribution is 2.28. The third-order valence-corrected chi connectivity index (χ3v) is 12.6. The molecule has 3 N–H and O–H groups in total. The molecule has 0 fully saturated rings. The second-order valence-electron chi connectivity index (χ2n) is 14.4. The summed E-state index contributed by atoms with van der Waals surface area (Å²) in [6, 6.07) is 48.4. The van der Waals surface area contributed by atoms with Gasteiger partial charge in [-0.25, -0.2) is 16.8 Å². The average Bonchev–Trinajstić information content (AvgIpc) is 3.27. The maximum Gasteiger partial charge on any atom is 0.264 e. The Kier molecular flexibility index (Phi) is 15.8. The molecule has 0 saturated heterocycles. The number of sulfonamides is 2. The Morgan fingerprint density at radius 1 is 0.500 bits per heavy atom. The second kappa shape index (κ2) is 21.1. The third kappa shape index (κ3) is 12.4. The predicted octanol–water partition coefficient (Wildman–Crippen LogP) is 7.66. The minimum absolute atomic E-state index is 0.110. The molecule has 6 aromatic rings. The Morgan fingerprint density at radius 2 is 0.850 bits per heavy atom. The van der Waals surface area contributed by atoms with Crippen molar-refractivity contribution in [2.24, 2.45) is 5.92 Å². The summed E-state index contributed by atoms with van der Waals surface area (Å²) < 4.78 is 56.4. The van der Waals surface area contributed by atoms with Crippen LogP contribution < -0.4 is 19.2 Å². The van der Waals surface area contributed by atoms with E-state index >= 15 is 0 Å². The van der Waals surface area contributed by atoms with Gasteiger partial charge in [0.05, 0.1) is 40.4 Å². The van der Waals surface area contributed by atoms with Crippen LogP contribution in [0.1, 0.15) is 52.6 Å². The van der Waals surface area contributed by atoms with E-state index in [0.717, 1.165) is 11.1 Å². The lowest BCUT2D eigenvalue weighted by atomic mass is 10.1. The molecule has 60 heavy (non-hydrogen) atoms. The topological polar surface area (TPSA) is 153 Å². The van der Waals surface area contributed by atoms with Crippen LogP contribution in [0.25, 0.3) is 0 Å². The molecule has 0 saturated carbocycles. The van der Waals surface area contributed by atoms with Crippen molar-refractivity contribution in [1.29, 1.82) is 0 Å². The molecule has 2 amide bonds. The van der Waals surface area contributed by atoms with E-state index in [-0.39, 0.29) is 41.2 Å². The first-order valence-electron chi connectivity index (χ1n) is 19.4. The molecule has 312 valence electrons. The first-order valence-corrected chi connectivity index (χ1v) is 22.3. The van der Waals surface area contributed by atoms with Crippen LogP contribution in [0.2, 0.25) is 0 Å². The molecule has 0 heterocycles. The Labute approximate surface area is 353 Å². The molecule has 11 nitrogen and oxygen atoms in total. The molecule has 0 radical (unpaired) electrons. The van der Waals surface area contributed by atoms with Crippen LogP contribution in [0.4, 0.5) is 11.4 Å². The van der Waals surface area contributed by atoms with E-state index in [9.17, 15) is 31.5 Å². The SMILES string of the molecule is CC(C)CNC(=O)c1cccc(N(Cc2ccccc2)S(=O)(=O)c2ccccc2)c1.CC(O)CNC(=O)c1cccc(N(Cc2ccccc2)S(=O)(=O)c2ccccc2)c1. The number of rotatable bonds is 16. The quantitative estimate of drug-likeness (QED) is 0.0905. The van der Waals surface area contributed by atoms with Crippen LogP contribution in [0.3, 0.4) is 0 Å². The van der Waals surface area contributed by atoms with Gasteiger partial charge in [-0.2, -0.15) is 0 Å². The molecule has 1 unspecified atom stereocenters. The van der Waals surface area contributed by atoms with Crippen LogP contribution in [0, 0.1) is 5.92 Å². The number of carbonyl (C=O) groups excluding carboxylic acids is 2. The lowest BCUT2D eigenvalue weighted by Crippen LogP contribution is -2.32.